The molecule has 0 radical (unpaired) electrons. The van der Waals surface area contributed by atoms with Crippen molar-refractivity contribution >= 4 is 23.5 Å². The zero-order valence-electron chi connectivity index (χ0n) is 12.6. The lowest BCUT2D eigenvalue weighted by Gasteiger charge is -2.10. The number of nitrogens with zero attached hydrogens (tertiary/aromatic N) is 2. The van der Waals surface area contributed by atoms with Crippen LogP contribution in [0.4, 0.5) is 0 Å². The number of carbonyl (C=O) groups excluding carboxylic acids is 2. The molecule has 1 atom stereocenters. The molecule has 23 heavy (non-hydrogen) atoms. The van der Waals surface area contributed by atoms with Crippen molar-refractivity contribution in [2.75, 3.05) is 6.61 Å². The minimum absolute atomic E-state index is 0.00205. The van der Waals surface area contributed by atoms with Gasteiger partial charge in [-0.05, 0) is 37.6 Å². The van der Waals surface area contributed by atoms with Crippen LogP contribution in [0.1, 0.15) is 28.9 Å². The van der Waals surface area contributed by atoms with Gasteiger partial charge in [-0.3, -0.25) is 4.79 Å². The van der Waals surface area contributed by atoms with Crippen LogP contribution < -0.4 is 5.32 Å². The van der Waals surface area contributed by atoms with Gasteiger partial charge in [-0.25, -0.2) is 9.48 Å². The third kappa shape index (κ3) is 3.53. The number of carbonyl (C=O) groups is 2. The number of esters is 1. The Bertz CT molecular complexity index is 740. The molecule has 1 aliphatic heterocycles. The minimum Gasteiger partial charge on any atom is -0.460 e. The number of benzene rings is 1. The summed E-state index contributed by atoms with van der Waals surface area (Å²) in [5.74, 6) is -0.443. The number of hydrogen-bond acceptors (Lipinski definition) is 4. The number of halogens is 1. The van der Waals surface area contributed by atoms with Gasteiger partial charge in [0, 0.05) is 17.6 Å². The number of aryl methyl sites for hydroxylation is 1. The Labute approximate surface area is 138 Å². The SMILES string of the molecule is Cc1nn(-c2ccc(Cl)cc2)cc1C(=O)OC[C@H]1CCC(=O)N1. The smallest absolute Gasteiger partial charge is 0.341 e. The molecular formula is C16H16ClN3O3. The average Bonchev–Trinajstić information content (AvgIpc) is 3.11. The monoisotopic (exact) mass is 333 g/mol. The third-order valence-electron chi connectivity index (χ3n) is 3.71. The Hall–Kier alpha value is -2.34. The summed E-state index contributed by atoms with van der Waals surface area (Å²) < 4.78 is 6.89. The van der Waals surface area contributed by atoms with Crippen LogP contribution in [-0.2, 0) is 9.53 Å². The Morgan fingerprint density at radius 3 is 2.83 bits per heavy atom. The average molecular weight is 334 g/mol. The van der Waals surface area contributed by atoms with Crippen LogP contribution in [0.2, 0.25) is 5.02 Å². The maximum Gasteiger partial charge on any atom is 0.341 e. The third-order valence-corrected chi connectivity index (χ3v) is 3.96. The molecule has 1 aromatic heterocycles. The van der Waals surface area contributed by atoms with Crippen molar-refractivity contribution in [3.8, 4) is 5.69 Å². The van der Waals surface area contributed by atoms with E-state index in [1.165, 1.54) is 0 Å². The zero-order valence-corrected chi connectivity index (χ0v) is 13.3. The molecule has 6 nitrogen and oxygen atoms in total. The Morgan fingerprint density at radius 2 is 2.17 bits per heavy atom. The summed E-state index contributed by atoms with van der Waals surface area (Å²) in [5.41, 5.74) is 1.80. The van der Waals surface area contributed by atoms with Crippen molar-refractivity contribution in [2.45, 2.75) is 25.8 Å². The summed E-state index contributed by atoms with van der Waals surface area (Å²) in [6.45, 7) is 1.93. The second-order valence-corrected chi connectivity index (χ2v) is 5.89. The molecule has 1 aromatic carbocycles. The molecule has 3 rings (SSSR count). The minimum atomic E-state index is -0.441. The molecule has 1 fully saturated rings. The van der Waals surface area contributed by atoms with Gasteiger partial charge in [0.25, 0.3) is 0 Å². The molecule has 1 aliphatic rings. The van der Waals surface area contributed by atoms with Crippen molar-refractivity contribution in [1.82, 2.24) is 15.1 Å². The van der Waals surface area contributed by atoms with Crippen LogP contribution >= 0.6 is 11.6 Å². The van der Waals surface area contributed by atoms with E-state index < -0.39 is 5.97 Å². The van der Waals surface area contributed by atoms with Crippen LogP contribution in [0, 0.1) is 6.92 Å². The van der Waals surface area contributed by atoms with Crippen molar-refractivity contribution < 1.29 is 14.3 Å². The van der Waals surface area contributed by atoms with Gasteiger partial charge < -0.3 is 10.1 Å². The highest BCUT2D eigenvalue weighted by Gasteiger charge is 2.23. The number of rotatable bonds is 4. The highest BCUT2D eigenvalue weighted by molar-refractivity contribution is 6.30. The molecule has 2 aromatic rings. The van der Waals surface area contributed by atoms with Crippen LogP contribution in [0.3, 0.4) is 0 Å². The van der Waals surface area contributed by atoms with E-state index in [1.807, 2.05) is 12.1 Å². The first-order chi connectivity index (χ1) is 11.0. The quantitative estimate of drug-likeness (QED) is 0.871. The summed E-state index contributed by atoms with van der Waals surface area (Å²) >= 11 is 5.87. The van der Waals surface area contributed by atoms with E-state index in [2.05, 4.69) is 10.4 Å². The fourth-order valence-corrected chi connectivity index (χ4v) is 2.57. The Kier molecular flexibility index (Phi) is 4.34. The van der Waals surface area contributed by atoms with Gasteiger partial charge in [0.1, 0.15) is 12.2 Å². The largest absolute Gasteiger partial charge is 0.460 e. The Balaban J connectivity index is 1.69. The van der Waals surface area contributed by atoms with E-state index >= 15 is 0 Å². The van der Waals surface area contributed by atoms with Gasteiger partial charge in [-0.2, -0.15) is 5.10 Å². The van der Waals surface area contributed by atoms with Crippen LogP contribution in [-0.4, -0.2) is 34.3 Å². The lowest BCUT2D eigenvalue weighted by Crippen LogP contribution is -2.30. The van der Waals surface area contributed by atoms with E-state index in [9.17, 15) is 9.59 Å². The summed E-state index contributed by atoms with van der Waals surface area (Å²) in [5, 5.41) is 7.72. The number of hydrogen-bond donors (Lipinski definition) is 1. The van der Waals surface area contributed by atoms with E-state index in [1.54, 1.807) is 29.9 Å². The predicted octanol–water partition coefficient (Wildman–Crippen LogP) is 2.27. The summed E-state index contributed by atoms with van der Waals surface area (Å²) in [6.07, 6.45) is 2.80. The normalized spacial score (nSPS) is 17.1. The molecule has 120 valence electrons. The molecule has 1 saturated heterocycles. The standard InChI is InChI=1S/C16H16ClN3O3/c1-10-14(16(22)23-9-12-4-7-15(21)18-12)8-20(19-10)13-5-2-11(17)3-6-13/h2-3,5-6,8,12H,4,7,9H2,1H3,(H,18,21)/t12-/m1/s1. The summed E-state index contributed by atoms with van der Waals surface area (Å²) in [6, 6.07) is 7.05. The molecular weight excluding hydrogens is 318 g/mol. The van der Waals surface area contributed by atoms with E-state index in [0.29, 0.717) is 29.1 Å². The highest BCUT2D eigenvalue weighted by Crippen LogP contribution is 2.16. The van der Waals surface area contributed by atoms with Crippen molar-refractivity contribution in [1.29, 1.82) is 0 Å². The fourth-order valence-electron chi connectivity index (χ4n) is 2.44. The number of nitrogens with one attached hydrogen (secondary N) is 1. The van der Waals surface area contributed by atoms with Crippen LogP contribution in [0.25, 0.3) is 5.69 Å². The first-order valence-electron chi connectivity index (χ1n) is 7.31. The van der Waals surface area contributed by atoms with Gasteiger partial charge in [0.2, 0.25) is 5.91 Å². The molecule has 1 N–H and O–H groups in total. The Morgan fingerprint density at radius 1 is 1.43 bits per heavy atom. The first kappa shape index (κ1) is 15.6. The lowest BCUT2D eigenvalue weighted by molar-refractivity contribution is -0.119. The maximum absolute atomic E-state index is 12.2. The van der Waals surface area contributed by atoms with Crippen molar-refractivity contribution in [3.63, 3.8) is 0 Å². The predicted molar refractivity (Wildman–Crippen MR) is 84.8 cm³/mol. The van der Waals surface area contributed by atoms with Crippen molar-refractivity contribution in [3.05, 3.63) is 46.7 Å². The van der Waals surface area contributed by atoms with Gasteiger partial charge >= 0.3 is 5.97 Å². The van der Waals surface area contributed by atoms with E-state index in [-0.39, 0.29) is 18.6 Å². The number of aromatic nitrogens is 2. The maximum atomic E-state index is 12.2. The van der Waals surface area contributed by atoms with E-state index in [0.717, 1.165) is 5.69 Å². The van der Waals surface area contributed by atoms with Crippen LogP contribution in [0.15, 0.2) is 30.5 Å². The second-order valence-electron chi connectivity index (χ2n) is 5.45. The molecule has 1 amide bonds. The first-order valence-corrected chi connectivity index (χ1v) is 7.69. The highest BCUT2D eigenvalue weighted by atomic mass is 35.5. The van der Waals surface area contributed by atoms with Gasteiger partial charge in [-0.15, -0.1) is 0 Å². The van der Waals surface area contributed by atoms with E-state index in [4.69, 9.17) is 16.3 Å². The van der Waals surface area contributed by atoms with Gasteiger partial charge in [-0.1, -0.05) is 11.6 Å². The molecule has 0 unspecified atom stereocenters. The molecule has 0 saturated carbocycles. The molecule has 2 heterocycles. The van der Waals surface area contributed by atoms with Gasteiger partial charge in [0.15, 0.2) is 0 Å². The fraction of sp³-hybridized carbons (Fsp3) is 0.312. The van der Waals surface area contributed by atoms with Crippen molar-refractivity contribution in [2.24, 2.45) is 0 Å². The number of amides is 1. The summed E-state index contributed by atoms with van der Waals surface area (Å²) in [4.78, 5) is 23.3. The molecule has 0 bridgehead atoms. The van der Waals surface area contributed by atoms with Gasteiger partial charge in [0.05, 0.1) is 17.4 Å². The number of ether oxygens (including phenoxy) is 1. The molecule has 0 spiro atoms. The second kappa shape index (κ2) is 6.42. The van der Waals surface area contributed by atoms with Crippen LogP contribution in [0.5, 0.6) is 0 Å². The lowest BCUT2D eigenvalue weighted by atomic mass is 10.2. The zero-order chi connectivity index (χ0) is 16.4. The summed E-state index contributed by atoms with van der Waals surface area (Å²) in [7, 11) is 0. The molecule has 0 aliphatic carbocycles. The topological polar surface area (TPSA) is 73.2 Å². The molecule has 7 heteroatoms.